The number of nitro benzene ring substituents is 1. The highest BCUT2D eigenvalue weighted by atomic mass is 32.2. The van der Waals surface area contributed by atoms with Gasteiger partial charge in [0.1, 0.15) is 23.8 Å². The smallest absolute Gasteiger partial charge is 0.294 e. The molecule has 0 radical (unpaired) electrons. The quantitative estimate of drug-likeness (QED) is 0.232. The van der Waals surface area contributed by atoms with E-state index < -0.39 is 28.5 Å². The molecular formula is C26H23N3O7S. The number of nitrogens with zero attached hydrogens (tertiary/aromatic N) is 2. The zero-order valence-electron chi connectivity index (χ0n) is 20.3. The number of benzene rings is 2. The molecule has 1 aromatic heterocycles. The van der Waals surface area contributed by atoms with E-state index in [0.29, 0.717) is 35.4 Å². The number of carbonyl (C=O) groups is 3. The van der Waals surface area contributed by atoms with Crippen molar-refractivity contribution in [2.75, 3.05) is 18.5 Å². The van der Waals surface area contributed by atoms with Gasteiger partial charge >= 0.3 is 0 Å². The van der Waals surface area contributed by atoms with Crippen LogP contribution in [-0.4, -0.2) is 40.0 Å². The Morgan fingerprint density at radius 1 is 1.14 bits per heavy atom. The number of thioether (sulfide) groups is 1. The van der Waals surface area contributed by atoms with Gasteiger partial charge in [-0.1, -0.05) is 0 Å². The van der Waals surface area contributed by atoms with E-state index in [1.165, 1.54) is 12.1 Å². The number of rotatable bonds is 8. The molecule has 1 saturated heterocycles. The van der Waals surface area contributed by atoms with Gasteiger partial charge in [-0.25, -0.2) is 0 Å². The standard InChI is InChI=1S/C26H23N3O7S/c1-4-35-18-7-5-17(6-8-18)27-24(30)14-28-25(31)23(37-26(28)32)13-19-9-10-22(36-19)20-11-15(2)16(3)12-21(20)29(33)34/h5-13H,4,14H2,1-3H3,(H,27,30)/b23-13-. The van der Waals surface area contributed by atoms with Gasteiger partial charge in [-0.15, -0.1) is 0 Å². The predicted octanol–water partition coefficient (Wildman–Crippen LogP) is 5.55. The topological polar surface area (TPSA) is 132 Å². The maximum absolute atomic E-state index is 12.8. The molecule has 0 saturated carbocycles. The molecule has 10 nitrogen and oxygen atoms in total. The molecule has 1 aliphatic rings. The Labute approximate surface area is 216 Å². The van der Waals surface area contributed by atoms with Crippen molar-refractivity contribution < 1.29 is 28.5 Å². The fourth-order valence-electron chi connectivity index (χ4n) is 3.64. The molecule has 3 amide bonds. The molecule has 11 heteroatoms. The van der Waals surface area contributed by atoms with Crippen LogP contribution in [0.3, 0.4) is 0 Å². The van der Waals surface area contributed by atoms with Gasteiger partial charge in [0.2, 0.25) is 5.91 Å². The Balaban J connectivity index is 1.47. The lowest BCUT2D eigenvalue weighted by atomic mass is 10.0. The van der Waals surface area contributed by atoms with Crippen LogP contribution in [0, 0.1) is 24.0 Å². The van der Waals surface area contributed by atoms with Crippen LogP contribution in [0.2, 0.25) is 0 Å². The van der Waals surface area contributed by atoms with Crippen molar-refractivity contribution in [1.82, 2.24) is 4.90 Å². The number of ether oxygens (including phenoxy) is 1. The molecule has 0 bridgehead atoms. The lowest BCUT2D eigenvalue weighted by Crippen LogP contribution is -2.36. The van der Waals surface area contributed by atoms with Crippen molar-refractivity contribution in [2.45, 2.75) is 20.8 Å². The lowest BCUT2D eigenvalue weighted by molar-refractivity contribution is -0.384. The van der Waals surface area contributed by atoms with Gasteiger partial charge in [-0.2, -0.15) is 0 Å². The van der Waals surface area contributed by atoms with Gasteiger partial charge in [0, 0.05) is 17.8 Å². The summed E-state index contributed by atoms with van der Waals surface area (Å²) in [7, 11) is 0. The number of hydrogen-bond donors (Lipinski definition) is 1. The second-order valence-corrected chi connectivity index (χ2v) is 9.18. The van der Waals surface area contributed by atoms with Crippen molar-refractivity contribution >= 4 is 46.3 Å². The number of aryl methyl sites for hydroxylation is 2. The van der Waals surface area contributed by atoms with Gasteiger partial charge < -0.3 is 14.5 Å². The number of imide groups is 1. The van der Waals surface area contributed by atoms with Crippen LogP contribution in [-0.2, 0) is 9.59 Å². The molecule has 4 rings (SSSR count). The third-order valence-corrected chi connectivity index (χ3v) is 6.51. The lowest BCUT2D eigenvalue weighted by Gasteiger charge is -2.12. The average molecular weight is 522 g/mol. The van der Waals surface area contributed by atoms with E-state index in [2.05, 4.69) is 5.32 Å². The van der Waals surface area contributed by atoms with Crippen LogP contribution in [0.5, 0.6) is 5.75 Å². The summed E-state index contributed by atoms with van der Waals surface area (Å²) in [6, 6.07) is 13.0. The normalized spacial score (nSPS) is 14.4. The number of furan rings is 1. The van der Waals surface area contributed by atoms with E-state index in [4.69, 9.17) is 9.15 Å². The molecule has 2 aromatic carbocycles. The first-order valence-electron chi connectivity index (χ1n) is 11.3. The van der Waals surface area contributed by atoms with Gasteiger partial charge in [0.25, 0.3) is 16.8 Å². The van der Waals surface area contributed by atoms with Crippen molar-refractivity contribution in [2.24, 2.45) is 0 Å². The second kappa shape index (κ2) is 10.7. The first-order chi connectivity index (χ1) is 17.7. The van der Waals surface area contributed by atoms with Crippen molar-refractivity contribution in [3.8, 4) is 17.1 Å². The number of anilines is 1. The van der Waals surface area contributed by atoms with Crippen molar-refractivity contribution in [3.63, 3.8) is 0 Å². The molecule has 1 N–H and O–H groups in total. The van der Waals surface area contributed by atoms with Gasteiger partial charge in [0.15, 0.2) is 0 Å². The number of hydrogen-bond acceptors (Lipinski definition) is 8. The van der Waals surface area contributed by atoms with Crippen LogP contribution in [0.4, 0.5) is 16.2 Å². The summed E-state index contributed by atoms with van der Waals surface area (Å²) in [6.07, 6.45) is 1.38. The monoisotopic (exact) mass is 521 g/mol. The summed E-state index contributed by atoms with van der Waals surface area (Å²) in [5.41, 5.74) is 2.36. The summed E-state index contributed by atoms with van der Waals surface area (Å²) in [6.45, 7) is 5.56. The number of amides is 3. The van der Waals surface area contributed by atoms with Crippen LogP contribution < -0.4 is 10.1 Å². The highest BCUT2D eigenvalue weighted by Crippen LogP contribution is 2.36. The number of nitrogens with one attached hydrogen (secondary N) is 1. The Morgan fingerprint density at radius 2 is 1.84 bits per heavy atom. The second-order valence-electron chi connectivity index (χ2n) is 8.19. The number of carbonyl (C=O) groups excluding carboxylic acids is 3. The summed E-state index contributed by atoms with van der Waals surface area (Å²) >= 11 is 0.684. The fraction of sp³-hybridized carbons (Fsp3) is 0.192. The Kier molecular flexibility index (Phi) is 7.44. The van der Waals surface area contributed by atoms with E-state index >= 15 is 0 Å². The minimum absolute atomic E-state index is 0.0781. The summed E-state index contributed by atoms with van der Waals surface area (Å²) in [5.74, 6) is -0.00588. The highest BCUT2D eigenvalue weighted by Gasteiger charge is 2.36. The predicted molar refractivity (Wildman–Crippen MR) is 139 cm³/mol. The fourth-order valence-corrected chi connectivity index (χ4v) is 4.45. The van der Waals surface area contributed by atoms with E-state index in [1.54, 1.807) is 49.4 Å². The average Bonchev–Trinajstić information content (AvgIpc) is 3.42. The summed E-state index contributed by atoms with van der Waals surface area (Å²) in [4.78, 5) is 49.7. The molecule has 1 aliphatic heterocycles. The van der Waals surface area contributed by atoms with Crippen LogP contribution >= 0.6 is 11.8 Å². The third-order valence-electron chi connectivity index (χ3n) is 5.60. The molecule has 190 valence electrons. The van der Waals surface area contributed by atoms with Gasteiger partial charge in [0.05, 0.1) is 22.0 Å². The molecule has 0 atom stereocenters. The largest absolute Gasteiger partial charge is 0.494 e. The maximum atomic E-state index is 12.8. The number of nitro groups is 1. The first-order valence-corrected chi connectivity index (χ1v) is 12.1. The Hall–Kier alpha value is -4.38. The molecule has 37 heavy (non-hydrogen) atoms. The molecule has 0 unspecified atom stereocenters. The van der Waals surface area contributed by atoms with E-state index in [-0.39, 0.29) is 22.1 Å². The van der Waals surface area contributed by atoms with E-state index in [9.17, 15) is 24.5 Å². The summed E-state index contributed by atoms with van der Waals surface area (Å²) in [5, 5.41) is 13.6. The van der Waals surface area contributed by atoms with E-state index in [0.717, 1.165) is 16.0 Å². The van der Waals surface area contributed by atoms with Crippen LogP contribution in [0.1, 0.15) is 23.8 Å². The molecular weight excluding hydrogens is 498 g/mol. The van der Waals surface area contributed by atoms with Crippen molar-refractivity contribution in [1.29, 1.82) is 0 Å². The van der Waals surface area contributed by atoms with Crippen LogP contribution in [0.25, 0.3) is 17.4 Å². The van der Waals surface area contributed by atoms with E-state index in [1.807, 2.05) is 13.8 Å². The Bertz CT molecular complexity index is 1430. The van der Waals surface area contributed by atoms with Crippen molar-refractivity contribution in [3.05, 3.63) is 80.4 Å². The minimum Gasteiger partial charge on any atom is -0.494 e. The van der Waals surface area contributed by atoms with Gasteiger partial charge in [-0.3, -0.25) is 29.4 Å². The third kappa shape index (κ3) is 5.72. The van der Waals surface area contributed by atoms with Gasteiger partial charge in [-0.05, 0) is 86.1 Å². The zero-order valence-corrected chi connectivity index (χ0v) is 21.1. The SMILES string of the molecule is CCOc1ccc(NC(=O)CN2C(=O)S/C(=C\c3ccc(-c4cc(C)c(C)cc4[N+](=O)[O-])o3)C2=O)cc1. The minimum atomic E-state index is -0.632. The Morgan fingerprint density at radius 3 is 2.51 bits per heavy atom. The molecule has 0 spiro atoms. The molecule has 1 fully saturated rings. The first kappa shape index (κ1) is 25.7. The van der Waals surface area contributed by atoms with Crippen LogP contribution in [0.15, 0.2) is 57.9 Å². The maximum Gasteiger partial charge on any atom is 0.294 e. The summed E-state index contributed by atoms with van der Waals surface area (Å²) < 4.78 is 11.1. The molecule has 3 aromatic rings. The molecule has 2 heterocycles. The zero-order chi connectivity index (χ0) is 26.7. The highest BCUT2D eigenvalue weighted by molar-refractivity contribution is 8.18. The molecule has 0 aliphatic carbocycles.